The van der Waals surface area contributed by atoms with Crippen LogP contribution in [0.15, 0.2) is 30.4 Å². The van der Waals surface area contributed by atoms with Gasteiger partial charge < -0.3 is 9.47 Å². The second-order valence-electron chi connectivity index (χ2n) is 4.53. The zero-order valence-corrected chi connectivity index (χ0v) is 13.2. The predicted octanol–water partition coefficient (Wildman–Crippen LogP) is 3.65. The van der Waals surface area contributed by atoms with Crippen LogP contribution in [0.2, 0.25) is 0 Å². The molecule has 98 valence electrons. The molecule has 0 heterocycles. The number of carbonyl (C=O) groups is 1. The molecule has 0 bridgehead atoms. The van der Waals surface area contributed by atoms with Gasteiger partial charge in [-0.2, -0.15) is 0 Å². The molecular weight excluding hydrogens is 343 g/mol. The fourth-order valence-electron chi connectivity index (χ4n) is 1.42. The first-order valence-electron chi connectivity index (χ1n) is 5.51. The van der Waals surface area contributed by atoms with Crippen LogP contribution in [0, 0.1) is 3.57 Å². The molecule has 1 aromatic carbocycles. The van der Waals surface area contributed by atoms with Gasteiger partial charge in [0.15, 0.2) is 0 Å². The maximum atomic E-state index is 11.6. The van der Waals surface area contributed by atoms with Gasteiger partial charge >= 0.3 is 5.97 Å². The van der Waals surface area contributed by atoms with E-state index in [1.54, 1.807) is 14.0 Å². The minimum Gasteiger partial charge on any atom is -0.496 e. The third-order valence-electron chi connectivity index (χ3n) is 2.54. The zero-order valence-electron chi connectivity index (χ0n) is 11.0. The second kappa shape index (κ2) is 5.73. The highest BCUT2D eigenvalue weighted by Gasteiger charge is 2.26. The number of esters is 1. The predicted molar refractivity (Wildman–Crippen MR) is 79.6 cm³/mol. The Morgan fingerprint density at radius 1 is 1.39 bits per heavy atom. The summed E-state index contributed by atoms with van der Waals surface area (Å²) in [6, 6.07) is 5.71. The largest absolute Gasteiger partial charge is 0.496 e. The number of ether oxygens (including phenoxy) is 2. The summed E-state index contributed by atoms with van der Waals surface area (Å²) >= 11 is 2.19. The van der Waals surface area contributed by atoms with Gasteiger partial charge in [0.2, 0.25) is 0 Å². The third-order valence-corrected chi connectivity index (χ3v) is 3.39. The van der Waals surface area contributed by atoms with E-state index >= 15 is 0 Å². The van der Waals surface area contributed by atoms with E-state index in [0.717, 1.165) is 14.9 Å². The highest BCUT2D eigenvalue weighted by atomic mass is 127. The number of methoxy groups -OCH3 is 1. The fourth-order valence-corrected chi connectivity index (χ4v) is 2.15. The van der Waals surface area contributed by atoms with Gasteiger partial charge in [-0.15, -0.1) is 0 Å². The van der Waals surface area contributed by atoms with Crippen LogP contribution in [0.1, 0.15) is 26.3 Å². The minimum atomic E-state index is -0.692. The van der Waals surface area contributed by atoms with Crippen molar-refractivity contribution in [1.82, 2.24) is 0 Å². The Balaban J connectivity index is 3.01. The van der Waals surface area contributed by atoms with Crippen molar-refractivity contribution >= 4 is 28.6 Å². The van der Waals surface area contributed by atoms with E-state index in [2.05, 4.69) is 29.2 Å². The van der Waals surface area contributed by atoms with Gasteiger partial charge in [-0.25, -0.2) is 4.79 Å². The highest BCUT2D eigenvalue weighted by molar-refractivity contribution is 14.1. The SMILES string of the molecule is C=C(C)C(=O)OC(C)(C)c1ccc(OC)c(I)c1. The molecule has 0 radical (unpaired) electrons. The first kappa shape index (κ1) is 15.0. The summed E-state index contributed by atoms with van der Waals surface area (Å²) in [5, 5.41) is 0. The molecule has 0 saturated heterocycles. The summed E-state index contributed by atoms with van der Waals surface area (Å²) in [5.74, 6) is 0.423. The molecule has 0 N–H and O–H groups in total. The molecule has 18 heavy (non-hydrogen) atoms. The van der Waals surface area contributed by atoms with Crippen molar-refractivity contribution in [2.45, 2.75) is 26.4 Å². The van der Waals surface area contributed by atoms with E-state index in [9.17, 15) is 4.79 Å². The normalized spacial score (nSPS) is 10.9. The lowest BCUT2D eigenvalue weighted by Crippen LogP contribution is -2.26. The van der Waals surface area contributed by atoms with Crippen LogP contribution in [0.5, 0.6) is 5.75 Å². The first-order chi connectivity index (χ1) is 8.27. The number of hydrogen-bond acceptors (Lipinski definition) is 3. The van der Waals surface area contributed by atoms with Gasteiger partial charge in [-0.05, 0) is 61.1 Å². The molecule has 0 unspecified atom stereocenters. The number of hydrogen-bond donors (Lipinski definition) is 0. The molecule has 0 spiro atoms. The average molecular weight is 360 g/mol. The maximum Gasteiger partial charge on any atom is 0.333 e. The Labute approximate surface area is 121 Å². The highest BCUT2D eigenvalue weighted by Crippen LogP contribution is 2.30. The second-order valence-corrected chi connectivity index (χ2v) is 5.69. The monoisotopic (exact) mass is 360 g/mol. The van der Waals surface area contributed by atoms with Crippen LogP contribution in [0.4, 0.5) is 0 Å². The van der Waals surface area contributed by atoms with Crippen LogP contribution in [0.3, 0.4) is 0 Å². The summed E-state index contributed by atoms with van der Waals surface area (Å²) in [5.41, 5.74) is 0.621. The van der Waals surface area contributed by atoms with E-state index < -0.39 is 5.60 Å². The van der Waals surface area contributed by atoms with Crippen molar-refractivity contribution in [3.05, 3.63) is 39.5 Å². The Bertz CT molecular complexity index is 478. The van der Waals surface area contributed by atoms with Gasteiger partial charge in [0.25, 0.3) is 0 Å². The molecule has 0 atom stereocenters. The van der Waals surface area contributed by atoms with E-state index in [1.165, 1.54) is 0 Å². The number of halogens is 1. The molecule has 0 amide bonds. The summed E-state index contributed by atoms with van der Waals surface area (Å²) in [6.45, 7) is 8.92. The van der Waals surface area contributed by atoms with Crippen LogP contribution in [0.25, 0.3) is 0 Å². The van der Waals surface area contributed by atoms with Crippen LogP contribution in [-0.4, -0.2) is 13.1 Å². The maximum absolute atomic E-state index is 11.6. The molecule has 1 aromatic rings. The molecule has 4 heteroatoms. The van der Waals surface area contributed by atoms with E-state index in [-0.39, 0.29) is 5.97 Å². The Hall–Kier alpha value is -1.04. The van der Waals surface area contributed by atoms with Gasteiger partial charge in [0, 0.05) is 5.57 Å². The van der Waals surface area contributed by atoms with Gasteiger partial charge in [-0.3, -0.25) is 0 Å². The van der Waals surface area contributed by atoms with E-state index in [1.807, 2.05) is 32.0 Å². The van der Waals surface area contributed by atoms with Crippen molar-refractivity contribution in [3.8, 4) is 5.75 Å². The number of rotatable bonds is 4. The van der Waals surface area contributed by atoms with Gasteiger partial charge in [0.05, 0.1) is 10.7 Å². The van der Waals surface area contributed by atoms with Crippen molar-refractivity contribution in [3.63, 3.8) is 0 Å². The molecule has 0 aliphatic heterocycles. The van der Waals surface area contributed by atoms with Gasteiger partial charge in [0.1, 0.15) is 11.4 Å². The molecule has 1 rings (SSSR count). The molecule has 0 aliphatic carbocycles. The van der Waals surface area contributed by atoms with Crippen molar-refractivity contribution in [1.29, 1.82) is 0 Å². The van der Waals surface area contributed by atoms with Crippen molar-refractivity contribution in [2.24, 2.45) is 0 Å². The van der Waals surface area contributed by atoms with Crippen LogP contribution < -0.4 is 4.74 Å². The fraction of sp³-hybridized carbons (Fsp3) is 0.357. The van der Waals surface area contributed by atoms with Crippen LogP contribution in [-0.2, 0) is 15.1 Å². The topological polar surface area (TPSA) is 35.5 Å². The third kappa shape index (κ3) is 3.48. The lowest BCUT2D eigenvalue weighted by molar-refractivity contribution is -0.152. The Morgan fingerprint density at radius 3 is 2.44 bits per heavy atom. The average Bonchev–Trinajstić information content (AvgIpc) is 2.28. The van der Waals surface area contributed by atoms with E-state index in [0.29, 0.717) is 5.57 Å². The summed E-state index contributed by atoms with van der Waals surface area (Å²) in [4.78, 5) is 11.6. The van der Waals surface area contributed by atoms with E-state index in [4.69, 9.17) is 9.47 Å². The summed E-state index contributed by atoms with van der Waals surface area (Å²) in [6.07, 6.45) is 0. The molecule has 0 aliphatic rings. The van der Waals surface area contributed by atoms with Crippen molar-refractivity contribution < 1.29 is 14.3 Å². The zero-order chi connectivity index (χ0) is 13.9. The molecule has 0 aromatic heterocycles. The minimum absolute atomic E-state index is 0.383. The van der Waals surface area contributed by atoms with Crippen molar-refractivity contribution in [2.75, 3.05) is 7.11 Å². The smallest absolute Gasteiger partial charge is 0.333 e. The van der Waals surface area contributed by atoms with Crippen LogP contribution >= 0.6 is 22.6 Å². The standard InChI is InChI=1S/C14H17IO3/c1-9(2)13(16)18-14(3,4)10-6-7-12(17-5)11(15)8-10/h6-8H,1H2,2-5H3. The lowest BCUT2D eigenvalue weighted by Gasteiger charge is -2.26. The number of carbonyl (C=O) groups excluding carboxylic acids is 1. The number of benzene rings is 1. The lowest BCUT2D eigenvalue weighted by atomic mass is 9.98. The molecule has 0 fully saturated rings. The van der Waals surface area contributed by atoms with Gasteiger partial charge in [-0.1, -0.05) is 12.6 Å². The Kier molecular flexibility index (Phi) is 4.78. The molecular formula is C14H17IO3. The summed E-state index contributed by atoms with van der Waals surface area (Å²) < 4.78 is 11.6. The molecule has 0 saturated carbocycles. The summed E-state index contributed by atoms with van der Waals surface area (Å²) in [7, 11) is 1.63. The quantitative estimate of drug-likeness (QED) is 0.467. The molecule has 3 nitrogen and oxygen atoms in total. The first-order valence-corrected chi connectivity index (χ1v) is 6.58. The Morgan fingerprint density at radius 2 is 2.00 bits per heavy atom.